The molecule has 35 heavy (non-hydrogen) atoms. The summed E-state index contributed by atoms with van der Waals surface area (Å²) >= 11 is 0. The number of aliphatic hydroxyl groups is 3. The van der Waals surface area contributed by atoms with E-state index in [2.05, 4.69) is 38.1 Å². The van der Waals surface area contributed by atoms with Crippen LogP contribution in [0.5, 0.6) is 11.5 Å². The average Bonchev–Trinajstić information content (AvgIpc) is 2.87. The summed E-state index contributed by atoms with van der Waals surface area (Å²) in [5.41, 5.74) is 3.06. The molecule has 0 aliphatic carbocycles. The molecule has 0 atom stereocenters. The fraction of sp³-hybridized carbons (Fsp3) is 0.556. The van der Waals surface area contributed by atoms with Crippen molar-refractivity contribution in [3.05, 3.63) is 59.2 Å². The molecule has 0 aliphatic heterocycles. The third-order valence-corrected chi connectivity index (χ3v) is 5.56. The SMILES string of the molecule is CC(C)(c1ccc(OCCOCCO)cc1)c1ccc(OCCOCCO)c(CCOCCO)c1. The van der Waals surface area contributed by atoms with Crippen molar-refractivity contribution >= 4 is 0 Å². The van der Waals surface area contributed by atoms with E-state index in [0.29, 0.717) is 59.3 Å². The lowest BCUT2D eigenvalue weighted by Crippen LogP contribution is -2.20. The molecule has 0 saturated carbocycles. The third kappa shape index (κ3) is 10.1. The lowest BCUT2D eigenvalue weighted by Gasteiger charge is -2.27. The van der Waals surface area contributed by atoms with Gasteiger partial charge in [0, 0.05) is 5.41 Å². The largest absolute Gasteiger partial charge is 0.491 e. The summed E-state index contributed by atoms with van der Waals surface area (Å²) in [5.74, 6) is 1.54. The lowest BCUT2D eigenvalue weighted by atomic mass is 9.77. The first-order valence-corrected chi connectivity index (χ1v) is 12.1. The van der Waals surface area contributed by atoms with Crippen molar-refractivity contribution in [2.24, 2.45) is 0 Å². The Hall–Kier alpha value is -2.20. The standard InChI is InChI=1S/C27H40O8/c1-27(2,23-3-6-25(7-4-23)34-19-17-32-15-11-29)24-5-8-26(35-20-18-33-16-12-30)22(21-24)9-13-31-14-10-28/h3-8,21,28-30H,9-20H2,1-2H3. The summed E-state index contributed by atoms with van der Waals surface area (Å²) in [4.78, 5) is 0. The molecule has 0 bridgehead atoms. The summed E-state index contributed by atoms with van der Waals surface area (Å²) < 4.78 is 27.6. The summed E-state index contributed by atoms with van der Waals surface area (Å²) in [6.45, 7) is 7.38. The van der Waals surface area contributed by atoms with Gasteiger partial charge in [-0.2, -0.15) is 0 Å². The van der Waals surface area contributed by atoms with Crippen LogP contribution in [-0.2, 0) is 26.0 Å². The molecule has 0 unspecified atom stereocenters. The maximum atomic E-state index is 8.98. The Kier molecular flexibility index (Phi) is 13.7. The summed E-state index contributed by atoms with van der Waals surface area (Å²) in [7, 11) is 0. The van der Waals surface area contributed by atoms with Gasteiger partial charge in [-0.1, -0.05) is 38.1 Å². The minimum Gasteiger partial charge on any atom is -0.491 e. The van der Waals surface area contributed by atoms with Crippen LogP contribution in [0.15, 0.2) is 42.5 Å². The van der Waals surface area contributed by atoms with Gasteiger partial charge in [-0.05, 0) is 41.3 Å². The maximum Gasteiger partial charge on any atom is 0.122 e. The van der Waals surface area contributed by atoms with Crippen LogP contribution in [0, 0.1) is 0 Å². The van der Waals surface area contributed by atoms with Gasteiger partial charge in [0.05, 0.1) is 59.5 Å². The van der Waals surface area contributed by atoms with E-state index < -0.39 is 0 Å². The van der Waals surface area contributed by atoms with E-state index in [4.69, 9.17) is 39.0 Å². The number of hydrogen-bond donors (Lipinski definition) is 3. The summed E-state index contributed by atoms with van der Waals surface area (Å²) in [6, 6.07) is 14.2. The van der Waals surface area contributed by atoms with Crippen LogP contribution in [0.2, 0.25) is 0 Å². The molecule has 2 rings (SSSR count). The van der Waals surface area contributed by atoms with Crippen LogP contribution >= 0.6 is 0 Å². The predicted molar refractivity (Wildman–Crippen MR) is 133 cm³/mol. The van der Waals surface area contributed by atoms with E-state index in [-0.39, 0.29) is 25.2 Å². The Morgan fingerprint density at radius 2 is 1.14 bits per heavy atom. The number of rotatable bonds is 19. The first-order chi connectivity index (χ1) is 17.0. The van der Waals surface area contributed by atoms with E-state index >= 15 is 0 Å². The molecule has 0 saturated heterocycles. The van der Waals surface area contributed by atoms with Crippen molar-refractivity contribution in [1.29, 1.82) is 0 Å². The van der Waals surface area contributed by atoms with E-state index in [1.807, 2.05) is 18.2 Å². The molecule has 8 heteroatoms. The molecule has 0 heterocycles. The Morgan fingerprint density at radius 1 is 0.600 bits per heavy atom. The second kappa shape index (κ2) is 16.5. The van der Waals surface area contributed by atoms with Gasteiger partial charge in [-0.25, -0.2) is 0 Å². The zero-order chi connectivity index (χ0) is 25.4. The van der Waals surface area contributed by atoms with Crippen LogP contribution in [0.4, 0.5) is 0 Å². The zero-order valence-electron chi connectivity index (χ0n) is 20.9. The van der Waals surface area contributed by atoms with E-state index in [9.17, 15) is 0 Å². The molecule has 2 aromatic carbocycles. The Bertz CT molecular complexity index is 822. The van der Waals surface area contributed by atoms with E-state index in [0.717, 1.165) is 28.2 Å². The molecule has 0 spiro atoms. The van der Waals surface area contributed by atoms with Gasteiger partial charge in [0.1, 0.15) is 24.7 Å². The molecule has 2 aromatic rings. The van der Waals surface area contributed by atoms with Crippen LogP contribution in [0.1, 0.15) is 30.5 Å². The number of hydrogen-bond acceptors (Lipinski definition) is 8. The van der Waals surface area contributed by atoms with Gasteiger partial charge >= 0.3 is 0 Å². The van der Waals surface area contributed by atoms with Crippen LogP contribution < -0.4 is 9.47 Å². The number of aliphatic hydroxyl groups excluding tert-OH is 3. The molecule has 8 nitrogen and oxygen atoms in total. The van der Waals surface area contributed by atoms with Crippen molar-refractivity contribution in [2.75, 3.05) is 72.7 Å². The predicted octanol–water partition coefficient (Wildman–Crippen LogP) is 2.34. The van der Waals surface area contributed by atoms with Crippen LogP contribution in [-0.4, -0.2) is 88.0 Å². The molecular formula is C27H40O8. The van der Waals surface area contributed by atoms with E-state index in [1.165, 1.54) is 0 Å². The van der Waals surface area contributed by atoms with E-state index in [1.54, 1.807) is 0 Å². The highest BCUT2D eigenvalue weighted by atomic mass is 16.5. The molecule has 0 aliphatic rings. The second-order valence-corrected chi connectivity index (χ2v) is 8.43. The van der Waals surface area contributed by atoms with Gasteiger partial charge in [-0.15, -0.1) is 0 Å². The Balaban J connectivity index is 2.09. The maximum absolute atomic E-state index is 8.98. The quantitative estimate of drug-likeness (QED) is 0.257. The van der Waals surface area contributed by atoms with Crippen molar-refractivity contribution in [3.8, 4) is 11.5 Å². The average molecular weight is 493 g/mol. The number of ether oxygens (including phenoxy) is 5. The fourth-order valence-corrected chi connectivity index (χ4v) is 3.55. The molecule has 0 fully saturated rings. The van der Waals surface area contributed by atoms with Crippen molar-refractivity contribution in [2.45, 2.75) is 25.7 Å². The minimum absolute atomic E-state index is 0.00593. The topological polar surface area (TPSA) is 107 Å². The Morgan fingerprint density at radius 3 is 1.74 bits per heavy atom. The highest BCUT2D eigenvalue weighted by Crippen LogP contribution is 2.35. The third-order valence-electron chi connectivity index (χ3n) is 5.56. The fourth-order valence-electron chi connectivity index (χ4n) is 3.55. The molecule has 0 amide bonds. The normalized spacial score (nSPS) is 11.6. The van der Waals surface area contributed by atoms with Crippen molar-refractivity contribution < 1.29 is 39.0 Å². The van der Waals surface area contributed by atoms with Crippen molar-refractivity contribution in [1.82, 2.24) is 0 Å². The van der Waals surface area contributed by atoms with Gasteiger partial charge < -0.3 is 39.0 Å². The Labute approximate surface area is 208 Å². The summed E-state index contributed by atoms with van der Waals surface area (Å²) in [6.07, 6.45) is 0.655. The lowest BCUT2D eigenvalue weighted by molar-refractivity contribution is 0.0698. The molecule has 0 radical (unpaired) electrons. The highest BCUT2D eigenvalue weighted by molar-refractivity contribution is 5.45. The zero-order valence-corrected chi connectivity index (χ0v) is 20.9. The monoisotopic (exact) mass is 492 g/mol. The second-order valence-electron chi connectivity index (χ2n) is 8.43. The van der Waals surface area contributed by atoms with Crippen LogP contribution in [0.25, 0.3) is 0 Å². The van der Waals surface area contributed by atoms with Crippen molar-refractivity contribution in [3.63, 3.8) is 0 Å². The number of benzene rings is 2. The highest BCUT2D eigenvalue weighted by Gasteiger charge is 2.24. The van der Waals surface area contributed by atoms with Gasteiger partial charge in [-0.3, -0.25) is 0 Å². The first-order valence-electron chi connectivity index (χ1n) is 12.1. The van der Waals surface area contributed by atoms with Gasteiger partial charge in [0.2, 0.25) is 0 Å². The first kappa shape index (κ1) is 29.0. The molecule has 3 N–H and O–H groups in total. The summed E-state index contributed by atoms with van der Waals surface area (Å²) in [5, 5.41) is 26.6. The van der Waals surface area contributed by atoms with Gasteiger partial charge in [0.15, 0.2) is 0 Å². The minimum atomic E-state index is -0.258. The molecule has 0 aromatic heterocycles. The van der Waals surface area contributed by atoms with Gasteiger partial charge in [0.25, 0.3) is 0 Å². The smallest absolute Gasteiger partial charge is 0.122 e. The molecular weight excluding hydrogens is 452 g/mol. The molecule has 196 valence electrons. The van der Waals surface area contributed by atoms with Crippen LogP contribution in [0.3, 0.4) is 0 Å².